The molecule has 22 aromatic rings. The molecular weight excluding hydrogens is 1550 g/mol. The number of aromatic nitrogens is 16. The Hall–Kier alpha value is -15.4. The molecule has 0 spiro atoms. The van der Waals surface area contributed by atoms with Crippen LogP contribution in [0.2, 0.25) is 0 Å². The van der Waals surface area contributed by atoms with E-state index in [1.807, 2.05) is 12.1 Å². The predicted molar refractivity (Wildman–Crippen MR) is 507 cm³/mol. The van der Waals surface area contributed by atoms with Crippen molar-refractivity contribution in [2.75, 3.05) is 0 Å². The Kier molecular flexibility index (Phi) is 14.4. The summed E-state index contributed by atoms with van der Waals surface area (Å²) in [6.45, 7) is 23.5. The molecule has 14 aromatic carbocycles. The summed E-state index contributed by atoms with van der Waals surface area (Å²) >= 11 is 0. The summed E-state index contributed by atoms with van der Waals surface area (Å²) in [4.78, 5) is 34.8. The number of nitrogens with zero attached hydrogens (tertiary/aromatic N) is 16. The quantitative estimate of drug-likeness (QED) is 0.136. The van der Waals surface area contributed by atoms with E-state index < -0.39 is 21.7 Å². The number of hydrogen-bond donors (Lipinski definition) is 0. The summed E-state index contributed by atoms with van der Waals surface area (Å²) in [6, 6.07) is 101. The fourth-order valence-electron chi connectivity index (χ4n) is 22.9. The van der Waals surface area contributed by atoms with Crippen molar-refractivity contribution in [2.45, 2.75) is 90.9 Å². The monoisotopic (exact) mass is 1630 g/mol. The molecule has 0 bridgehead atoms. The van der Waals surface area contributed by atoms with Crippen molar-refractivity contribution in [1.82, 2.24) is 77.7 Å². The lowest BCUT2D eigenvalue weighted by Crippen LogP contribution is -2.34. The zero-order valence-corrected chi connectivity index (χ0v) is 71.7. The lowest BCUT2D eigenvalue weighted by Gasteiger charge is -2.43. The maximum Gasteiger partial charge on any atom is 0.166 e. The molecule has 0 N–H and O–H groups in total. The fraction of sp³-hybridized carbons (Fsp3) is 0.145. The molecule has 26 rings (SSSR count). The Labute approximate surface area is 725 Å². The van der Waals surface area contributed by atoms with Crippen molar-refractivity contribution in [3.05, 3.63) is 335 Å². The molecule has 0 saturated carbocycles. The molecule has 12 heterocycles. The Bertz CT molecular complexity index is 8510. The zero-order chi connectivity index (χ0) is 84.8. The maximum absolute atomic E-state index is 5.97. The highest BCUT2D eigenvalue weighted by Crippen LogP contribution is 2.65. The van der Waals surface area contributed by atoms with Crippen LogP contribution in [0.25, 0.3) is 212 Å². The van der Waals surface area contributed by atoms with Crippen LogP contribution < -0.4 is 0 Å². The van der Waals surface area contributed by atoms with Crippen LogP contribution in [-0.4, -0.2) is 77.7 Å². The van der Waals surface area contributed by atoms with Gasteiger partial charge in [0.25, 0.3) is 0 Å². The van der Waals surface area contributed by atoms with Crippen molar-refractivity contribution < 1.29 is 0 Å². The van der Waals surface area contributed by atoms with Crippen LogP contribution in [0.1, 0.15) is 112 Å². The highest BCUT2D eigenvalue weighted by atomic mass is 15.3. The van der Waals surface area contributed by atoms with Crippen LogP contribution in [0.3, 0.4) is 0 Å². The normalized spacial score (nSPS) is 14.6. The van der Waals surface area contributed by atoms with Crippen molar-refractivity contribution in [1.29, 1.82) is 0 Å². The molecule has 0 fully saturated rings. The molecule has 602 valence electrons. The minimum absolute atomic E-state index is 0.535. The Morgan fingerprint density at radius 1 is 0.230 bits per heavy atom. The second kappa shape index (κ2) is 25.2. The van der Waals surface area contributed by atoms with Crippen LogP contribution >= 0.6 is 0 Å². The predicted octanol–water partition coefficient (Wildman–Crippen LogP) is 24.9. The fourth-order valence-corrected chi connectivity index (χ4v) is 22.9. The van der Waals surface area contributed by atoms with Gasteiger partial charge >= 0.3 is 0 Å². The van der Waals surface area contributed by atoms with Gasteiger partial charge in [0.05, 0.1) is 66.9 Å². The van der Waals surface area contributed by atoms with E-state index >= 15 is 0 Å². The molecular formula is C110H82N16. The first-order chi connectivity index (χ1) is 61.3. The van der Waals surface area contributed by atoms with Crippen molar-refractivity contribution in [3.63, 3.8) is 0 Å². The number of rotatable bonds is 9. The van der Waals surface area contributed by atoms with Crippen LogP contribution in [0, 0.1) is 13.8 Å². The van der Waals surface area contributed by atoms with Gasteiger partial charge in [0.2, 0.25) is 0 Å². The van der Waals surface area contributed by atoms with Gasteiger partial charge in [-0.15, -0.1) is 20.4 Å². The lowest BCUT2D eigenvalue weighted by atomic mass is 9.66. The maximum atomic E-state index is 5.97. The van der Waals surface area contributed by atoms with Gasteiger partial charge in [-0.2, -0.15) is 0 Å². The van der Waals surface area contributed by atoms with Gasteiger partial charge < -0.3 is 27.4 Å². The minimum atomic E-state index is -0.858. The Morgan fingerprint density at radius 2 is 0.484 bits per heavy atom. The Morgan fingerprint density at radius 3 is 0.810 bits per heavy atom. The number of para-hydroxylation sites is 6. The Balaban J connectivity index is 0.833. The summed E-state index contributed by atoms with van der Waals surface area (Å²) in [5, 5.41) is 29.8. The summed E-state index contributed by atoms with van der Waals surface area (Å²) in [6.07, 6.45) is 0. The topological polar surface area (TPSA) is 158 Å². The van der Waals surface area contributed by atoms with E-state index in [0.717, 1.165) is 206 Å². The van der Waals surface area contributed by atoms with E-state index in [2.05, 4.69) is 378 Å². The van der Waals surface area contributed by atoms with Gasteiger partial charge in [-0.05, 0) is 71.5 Å². The van der Waals surface area contributed by atoms with E-state index in [4.69, 9.17) is 50.3 Å². The van der Waals surface area contributed by atoms with E-state index in [-0.39, 0.29) is 0 Å². The number of benzene rings is 14. The smallest absolute Gasteiger partial charge is 0.166 e. The molecule has 126 heavy (non-hydrogen) atoms. The second-order valence-electron chi connectivity index (χ2n) is 36.8. The number of hydrogen-bond acceptors (Lipinski definition) is 10. The lowest BCUT2D eigenvalue weighted by molar-refractivity contribution is 0.611. The standard InChI is InChI=1S/C110H82N16/c1-59-117-119-105(121(59)11)85-90-98(86(106-120-118-60(2)122(106)12)89-97(85)124-78-56-28-26-44-66(78)70-48-30-52-74(92(70)124)109(89,7)8)126-80-58-34-46-68(82(80)72-50-32-54-76(94(72)126)110(90,9)10)67-45-33-57-79-81(67)71-49-31-53-75-93(71)125(79)96-84(104-115-101(63-39-21-15-22-40-63)112-102(116-104)64-41-23-16-24-42-64)87-95(123-77-55-27-25-43-65(77)69-47-29-51-73(91(69)123)107(87,3)4)83(88(96)108(75,5)6)103-113-99(61-35-17-13-18-36-61)111-100(114-103)62-37-19-14-20-38-62/h13-58H,1-12H3. The molecule has 16 nitrogen and oxygen atoms in total. The molecule has 0 atom stereocenters. The molecule has 0 saturated heterocycles. The third-order valence-electron chi connectivity index (χ3n) is 28.8. The van der Waals surface area contributed by atoms with E-state index in [1.54, 1.807) is 0 Å². The minimum Gasteiger partial charge on any atom is -0.314 e. The van der Waals surface area contributed by atoms with E-state index in [9.17, 15) is 0 Å². The largest absolute Gasteiger partial charge is 0.314 e. The zero-order valence-electron chi connectivity index (χ0n) is 71.7. The molecule has 0 amide bonds. The molecule has 0 radical (unpaired) electrons. The van der Waals surface area contributed by atoms with Crippen LogP contribution in [0.5, 0.6) is 0 Å². The van der Waals surface area contributed by atoms with Crippen LogP contribution in [0.15, 0.2) is 279 Å². The summed E-state index contributed by atoms with van der Waals surface area (Å²) in [5.74, 6) is 6.51. The first kappa shape index (κ1) is 72.2. The molecule has 0 unspecified atom stereocenters. The summed E-state index contributed by atoms with van der Waals surface area (Å²) < 4.78 is 14.7. The van der Waals surface area contributed by atoms with Crippen molar-refractivity contribution >= 4 is 87.2 Å². The van der Waals surface area contributed by atoms with E-state index in [0.29, 0.717) is 34.9 Å². The average Bonchev–Trinajstić information content (AvgIpc) is 1.42. The highest BCUT2D eigenvalue weighted by Gasteiger charge is 2.52. The van der Waals surface area contributed by atoms with Gasteiger partial charge in [-0.25, -0.2) is 29.9 Å². The number of aryl methyl sites for hydroxylation is 2. The molecule has 4 aliphatic heterocycles. The highest BCUT2D eigenvalue weighted by molar-refractivity contribution is 6.25. The first-order valence-electron chi connectivity index (χ1n) is 43.5. The molecule has 4 aliphatic rings. The van der Waals surface area contributed by atoms with Crippen LogP contribution in [-0.2, 0) is 35.8 Å². The van der Waals surface area contributed by atoms with Crippen LogP contribution in [0.4, 0.5) is 0 Å². The first-order valence-corrected chi connectivity index (χ1v) is 43.5. The summed E-state index contributed by atoms with van der Waals surface area (Å²) in [7, 11) is 4.25. The SMILES string of the molecule is Cc1nnc(-c2c3c(c(-c4nnc(C)n4C)c4c2C(C)(C)c2cccc5c6ccccc6n-4c25)C(C)(C)c2cccc4c5c(-c6cccc7c6c6cccc8c6n7-c6c(-c7nc(-c9ccccc9)nc(-c9ccccc9)n7)c7c(c(-c9nc(-c%10ccccc%10)nc(-c%10ccccc%10)n9)c6C8(C)C)-n6c8ccccc8c8cccc(c86)C7(C)C)cccc5n-3c24)n1C. The molecule has 8 aromatic heterocycles. The van der Waals surface area contributed by atoms with Gasteiger partial charge in [0, 0.05) is 146 Å². The third-order valence-corrected chi connectivity index (χ3v) is 28.8. The third kappa shape index (κ3) is 9.25. The second-order valence-corrected chi connectivity index (χ2v) is 36.8. The molecule has 16 heteroatoms. The van der Waals surface area contributed by atoms with Gasteiger partial charge in [0.1, 0.15) is 11.6 Å². The van der Waals surface area contributed by atoms with Gasteiger partial charge in [0.15, 0.2) is 46.6 Å². The van der Waals surface area contributed by atoms with Crippen molar-refractivity contribution in [3.8, 4) is 125 Å². The van der Waals surface area contributed by atoms with Crippen molar-refractivity contribution in [2.24, 2.45) is 14.1 Å². The van der Waals surface area contributed by atoms with E-state index in [1.165, 1.54) is 27.4 Å². The average molecular weight is 1630 g/mol. The number of fused-ring (bicyclic) bond motifs is 20. The molecule has 0 aliphatic carbocycles. The van der Waals surface area contributed by atoms with Gasteiger partial charge in [-0.3, -0.25) is 0 Å². The summed E-state index contributed by atoms with van der Waals surface area (Å²) in [5.41, 5.74) is 28.3. The van der Waals surface area contributed by atoms with Gasteiger partial charge in [-0.1, -0.05) is 310 Å².